The van der Waals surface area contributed by atoms with Gasteiger partial charge >= 0.3 is 0 Å². The molecule has 0 spiro atoms. The number of rotatable bonds is 13. The van der Waals surface area contributed by atoms with Crippen molar-refractivity contribution >= 4 is 0 Å². The molecule has 110 valence electrons. The van der Waals surface area contributed by atoms with Crippen LogP contribution in [0.5, 0.6) is 0 Å². The molecule has 0 unspecified atom stereocenters. The lowest BCUT2D eigenvalue weighted by Gasteiger charge is -2.32. The maximum atomic E-state index is 5.70. The molecule has 0 rings (SSSR count). The predicted octanol–water partition coefficient (Wildman–Crippen LogP) is 2.51. The van der Waals surface area contributed by atoms with Crippen molar-refractivity contribution in [2.45, 2.75) is 34.1 Å². The molecule has 4 nitrogen and oxygen atoms in total. The molecule has 0 aromatic carbocycles. The van der Waals surface area contributed by atoms with Gasteiger partial charge in [0.1, 0.15) is 0 Å². The van der Waals surface area contributed by atoms with Gasteiger partial charge in [-0.25, -0.2) is 0 Å². The largest absolute Gasteiger partial charge is 0.381 e. The highest BCUT2D eigenvalue weighted by Gasteiger charge is 2.32. The summed E-state index contributed by atoms with van der Waals surface area (Å²) in [5, 5.41) is 0. The monoisotopic (exact) mass is 262 g/mol. The normalized spacial score (nSPS) is 12.0. The van der Waals surface area contributed by atoms with Crippen LogP contribution in [0.15, 0.2) is 0 Å². The van der Waals surface area contributed by atoms with E-state index in [-0.39, 0.29) is 5.41 Å². The minimum absolute atomic E-state index is 0.183. The van der Waals surface area contributed by atoms with Crippen LogP contribution in [-0.4, -0.2) is 52.9 Å². The zero-order valence-electron chi connectivity index (χ0n) is 12.5. The lowest BCUT2D eigenvalue weighted by Crippen LogP contribution is -2.41. The van der Waals surface area contributed by atoms with Crippen molar-refractivity contribution in [1.29, 1.82) is 0 Å². The summed E-state index contributed by atoms with van der Waals surface area (Å²) in [6.45, 7) is 13.5. The minimum atomic E-state index is -0.183. The molecule has 0 saturated heterocycles. The van der Waals surface area contributed by atoms with E-state index in [1.54, 1.807) is 0 Å². The number of hydrogen-bond donors (Lipinski definition) is 0. The van der Waals surface area contributed by atoms with Gasteiger partial charge in [-0.3, -0.25) is 0 Å². The molecule has 0 radical (unpaired) electrons. The molecule has 0 heterocycles. The molecule has 0 aromatic rings. The fourth-order valence-corrected chi connectivity index (χ4v) is 1.64. The van der Waals surface area contributed by atoms with Crippen LogP contribution in [0, 0.1) is 5.41 Å². The second-order valence-electron chi connectivity index (χ2n) is 4.46. The van der Waals surface area contributed by atoms with Crippen molar-refractivity contribution in [3.05, 3.63) is 0 Å². The van der Waals surface area contributed by atoms with Crippen LogP contribution in [0.3, 0.4) is 0 Å². The Morgan fingerprint density at radius 1 is 0.611 bits per heavy atom. The van der Waals surface area contributed by atoms with Crippen molar-refractivity contribution in [2.75, 3.05) is 52.9 Å². The molecule has 0 aromatic heterocycles. The summed E-state index contributed by atoms with van der Waals surface area (Å²) >= 11 is 0. The first-order valence-electron chi connectivity index (χ1n) is 7.05. The zero-order valence-corrected chi connectivity index (χ0v) is 12.5. The molecule has 4 heteroatoms. The third kappa shape index (κ3) is 8.03. The Balaban J connectivity index is 4.41. The molecule has 0 amide bonds. The van der Waals surface area contributed by atoms with E-state index in [9.17, 15) is 0 Å². The third-order valence-electron chi connectivity index (χ3n) is 2.59. The van der Waals surface area contributed by atoms with E-state index in [1.807, 2.05) is 20.8 Å². The minimum Gasteiger partial charge on any atom is -0.381 e. The average Bonchev–Trinajstić information content (AvgIpc) is 2.40. The maximum absolute atomic E-state index is 5.70. The van der Waals surface area contributed by atoms with Crippen LogP contribution in [0.1, 0.15) is 34.1 Å². The van der Waals surface area contributed by atoms with Crippen LogP contribution in [-0.2, 0) is 18.9 Å². The fraction of sp³-hybridized carbons (Fsp3) is 1.00. The van der Waals surface area contributed by atoms with E-state index in [0.29, 0.717) is 46.2 Å². The summed E-state index contributed by atoms with van der Waals surface area (Å²) in [5.74, 6) is 0. The predicted molar refractivity (Wildman–Crippen MR) is 73.0 cm³/mol. The van der Waals surface area contributed by atoms with Gasteiger partial charge in [0, 0.05) is 26.4 Å². The second-order valence-corrected chi connectivity index (χ2v) is 4.46. The first-order chi connectivity index (χ1) is 8.74. The van der Waals surface area contributed by atoms with Crippen molar-refractivity contribution < 1.29 is 18.9 Å². The molecule has 0 saturated carbocycles. The van der Waals surface area contributed by atoms with Gasteiger partial charge < -0.3 is 18.9 Å². The fourth-order valence-electron chi connectivity index (χ4n) is 1.64. The SMILES string of the molecule is CCCOCC(COCC)(COCC)COCC. The van der Waals surface area contributed by atoms with Crippen molar-refractivity contribution in [2.24, 2.45) is 5.41 Å². The summed E-state index contributed by atoms with van der Waals surface area (Å²) in [7, 11) is 0. The molecular weight excluding hydrogens is 232 g/mol. The van der Waals surface area contributed by atoms with Crippen LogP contribution < -0.4 is 0 Å². The summed E-state index contributed by atoms with van der Waals surface area (Å²) in [6.07, 6.45) is 1.02. The second kappa shape index (κ2) is 11.9. The number of hydrogen-bond acceptors (Lipinski definition) is 4. The molecule has 18 heavy (non-hydrogen) atoms. The van der Waals surface area contributed by atoms with E-state index in [4.69, 9.17) is 18.9 Å². The van der Waals surface area contributed by atoms with E-state index in [0.717, 1.165) is 13.0 Å². The average molecular weight is 262 g/mol. The highest BCUT2D eigenvalue weighted by molar-refractivity contribution is 4.79. The van der Waals surface area contributed by atoms with Crippen molar-refractivity contribution in [3.63, 3.8) is 0 Å². The first-order valence-corrected chi connectivity index (χ1v) is 7.05. The van der Waals surface area contributed by atoms with Crippen molar-refractivity contribution in [1.82, 2.24) is 0 Å². The van der Waals surface area contributed by atoms with E-state index in [1.165, 1.54) is 0 Å². The molecule has 0 aliphatic carbocycles. The van der Waals surface area contributed by atoms with Gasteiger partial charge in [0.2, 0.25) is 0 Å². The van der Waals surface area contributed by atoms with Crippen LogP contribution in [0.25, 0.3) is 0 Å². The molecule has 0 aliphatic rings. The highest BCUT2D eigenvalue weighted by Crippen LogP contribution is 2.20. The van der Waals surface area contributed by atoms with Gasteiger partial charge in [-0.2, -0.15) is 0 Å². The van der Waals surface area contributed by atoms with E-state index in [2.05, 4.69) is 6.92 Å². The first kappa shape index (κ1) is 17.8. The van der Waals surface area contributed by atoms with Gasteiger partial charge in [-0.15, -0.1) is 0 Å². The summed E-state index contributed by atoms with van der Waals surface area (Å²) in [4.78, 5) is 0. The molecule has 0 N–H and O–H groups in total. The van der Waals surface area contributed by atoms with Gasteiger partial charge in [0.15, 0.2) is 0 Å². The maximum Gasteiger partial charge on any atom is 0.0637 e. The molecular formula is C14H30O4. The van der Waals surface area contributed by atoms with E-state index >= 15 is 0 Å². The van der Waals surface area contributed by atoms with E-state index < -0.39 is 0 Å². The van der Waals surface area contributed by atoms with Crippen molar-refractivity contribution in [3.8, 4) is 0 Å². The summed E-state index contributed by atoms with van der Waals surface area (Å²) < 4.78 is 22.5. The molecule has 0 aliphatic heterocycles. The standard InChI is InChI=1S/C14H30O4/c1-5-9-18-13-14(10-15-6-2,11-16-7-3)12-17-8-4/h5-13H2,1-4H3. The lowest BCUT2D eigenvalue weighted by molar-refractivity contribution is -0.102. The Kier molecular flexibility index (Phi) is 11.8. The summed E-state index contributed by atoms with van der Waals surface area (Å²) in [6, 6.07) is 0. The molecule has 0 fully saturated rings. The highest BCUT2D eigenvalue weighted by atomic mass is 16.5. The van der Waals surface area contributed by atoms with Gasteiger partial charge in [0.25, 0.3) is 0 Å². The Labute approximate surface area is 112 Å². The van der Waals surface area contributed by atoms with Crippen LogP contribution in [0.4, 0.5) is 0 Å². The molecule has 0 bridgehead atoms. The van der Waals surface area contributed by atoms with Gasteiger partial charge in [-0.05, 0) is 27.2 Å². The Morgan fingerprint density at radius 3 is 1.33 bits per heavy atom. The topological polar surface area (TPSA) is 36.9 Å². The van der Waals surface area contributed by atoms with Crippen LogP contribution in [0.2, 0.25) is 0 Å². The Bertz CT molecular complexity index is 151. The Morgan fingerprint density at radius 2 is 1.00 bits per heavy atom. The molecule has 0 atom stereocenters. The lowest BCUT2D eigenvalue weighted by atomic mass is 9.92. The smallest absolute Gasteiger partial charge is 0.0637 e. The Hall–Kier alpha value is -0.160. The quantitative estimate of drug-likeness (QED) is 0.478. The van der Waals surface area contributed by atoms with Gasteiger partial charge in [-0.1, -0.05) is 6.92 Å². The van der Waals surface area contributed by atoms with Gasteiger partial charge in [0.05, 0.1) is 31.8 Å². The van der Waals surface area contributed by atoms with Crippen LogP contribution >= 0.6 is 0 Å². The summed E-state index contributed by atoms with van der Waals surface area (Å²) in [5.41, 5.74) is -0.183. The zero-order chi connectivity index (χ0) is 13.7. The third-order valence-corrected chi connectivity index (χ3v) is 2.59. The number of ether oxygens (including phenoxy) is 4.